The van der Waals surface area contributed by atoms with Crippen LogP contribution in [0.1, 0.15) is 76.3 Å². The maximum absolute atomic E-state index is 2.59. The van der Waals surface area contributed by atoms with E-state index >= 15 is 0 Å². The molecule has 0 amide bonds. The van der Waals surface area contributed by atoms with Crippen LogP contribution in [-0.2, 0) is 0 Å². The van der Waals surface area contributed by atoms with E-state index in [2.05, 4.69) is 176 Å². The second-order valence-electron chi connectivity index (χ2n) is 16.2. The molecule has 5 aromatic rings. The van der Waals surface area contributed by atoms with Gasteiger partial charge in [0.15, 0.2) is 0 Å². The van der Waals surface area contributed by atoms with Crippen molar-refractivity contribution in [3.8, 4) is 22.3 Å². The zero-order chi connectivity index (χ0) is 35.3. The molecule has 5 aromatic carbocycles. The fraction of sp³-hybridized carbons (Fsp3) is 0.148. The first kappa shape index (κ1) is 30.5. The van der Waals surface area contributed by atoms with Crippen LogP contribution in [0.15, 0.2) is 192 Å². The van der Waals surface area contributed by atoms with Crippen LogP contribution in [-0.4, -0.2) is 0 Å². The van der Waals surface area contributed by atoms with Crippen molar-refractivity contribution in [3.63, 3.8) is 0 Å². The van der Waals surface area contributed by atoms with Crippen molar-refractivity contribution in [1.82, 2.24) is 0 Å². The molecule has 7 aliphatic carbocycles. The second kappa shape index (κ2) is 11.8. The topological polar surface area (TPSA) is 0 Å². The van der Waals surface area contributed by atoms with Gasteiger partial charge in [-0.15, -0.1) is 0 Å². The van der Waals surface area contributed by atoms with Gasteiger partial charge in [-0.3, -0.25) is 0 Å². The summed E-state index contributed by atoms with van der Waals surface area (Å²) < 4.78 is 0. The fourth-order valence-corrected chi connectivity index (χ4v) is 10.9. The average molecular weight is 689 g/mol. The molecule has 0 bridgehead atoms. The van der Waals surface area contributed by atoms with Crippen LogP contribution in [0, 0.1) is 5.92 Å². The molecule has 0 spiro atoms. The minimum Gasteiger partial charge on any atom is -0.0761 e. The van der Waals surface area contributed by atoms with Gasteiger partial charge in [0.25, 0.3) is 0 Å². The van der Waals surface area contributed by atoms with E-state index in [0.29, 0.717) is 29.6 Å². The molecular formula is C54H40. The lowest BCUT2D eigenvalue weighted by Gasteiger charge is -2.36. The summed E-state index contributed by atoms with van der Waals surface area (Å²) >= 11 is 0. The lowest BCUT2D eigenvalue weighted by Crippen LogP contribution is -2.21. The van der Waals surface area contributed by atoms with Crippen molar-refractivity contribution >= 4 is 22.9 Å². The van der Waals surface area contributed by atoms with Crippen molar-refractivity contribution in [3.05, 3.63) is 225 Å². The highest BCUT2D eigenvalue weighted by atomic mass is 14.4. The van der Waals surface area contributed by atoms with Gasteiger partial charge in [0, 0.05) is 29.6 Å². The van der Waals surface area contributed by atoms with Crippen LogP contribution >= 0.6 is 0 Å². The third-order valence-electron chi connectivity index (χ3n) is 13.6. The van der Waals surface area contributed by atoms with E-state index in [-0.39, 0.29) is 0 Å². The SMILES string of the molecule is C1=CC2c3ccccc3-c3ccc(-c4ccc5c(c4)C4C=CC6=C(C=C(C7=CC=C8C=Cc9c(ccc%10ccccc9%10)C8C7)CC6)C4C=C5)cc3C2C=C1. The molecule has 5 atom stereocenters. The summed E-state index contributed by atoms with van der Waals surface area (Å²) in [5.41, 5.74) is 21.5. The van der Waals surface area contributed by atoms with E-state index in [9.17, 15) is 0 Å². The monoisotopic (exact) mass is 688 g/mol. The molecule has 54 heavy (non-hydrogen) atoms. The Morgan fingerprint density at radius 3 is 2.22 bits per heavy atom. The predicted octanol–water partition coefficient (Wildman–Crippen LogP) is 13.9. The number of hydrogen-bond donors (Lipinski definition) is 0. The number of fused-ring (bicyclic) bond motifs is 15. The Balaban J connectivity index is 0.864. The first-order valence-electron chi connectivity index (χ1n) is 19.9. The Bertz CT molecular complexity index is 2760. The normalized spacial score (nSPS) is 24.9. The van der Waals surface area contributed by atoms with Crippen molar-refractivity contribution in [1.29, 1.82) is 0 Å². The van der Waals surface area contributed by atoms with Crippen molar-refractivity contribution in [2.75, 3.05) is 0 Å². The van der Waals surface area contributed by atoms with Gasteiger partial charge in [-0.2, -0.15) is 0 Å². The first-order chi connectivity index (χ1) is 26.7. The lowest BCUT2D eigenvalue weighted by atomic mass is 9.67. The van der Waals surface area contributed by atoms with E-state index in [1.54, 1.807) is 0 Å². The maximum Gasteiger partial charge on any atom is 0.0136 e. The lowest BCUT2D eigenvalue weighted by molar-refractivity contribution is 0.644. The highest BCUT2D eigenvalue weighted by molar-refractivity contribution is 5.93. The zero-order valence-corrected chi connectivity index (χ0v) is 30.3. The van der Waals surface area contributed by atoms with Crippen LogP contribution in [0.25, 0.3) is 45.2 Å². The number of rotatable bonds is 2. The summed E-state index contributed by atoms with van der Waals surface area (Å²) in [6.45, 7) is 0. The minimum atomic E-state index is 0.343. The summed E-state index contributed by atoms with van der Waals surface area (Å²) in [7, 11) is 0. The van der Waals surface area contributed by atoms with E-state index in [1.165, 1.54) is 94.3 Å². The summed E-state index contributed by atoms with van der Waals surface area (Å²) in [4.78, 5) is 0. The molecular weight excluding hydrogens is 649 g/mol. The van der Waals surface area contributed by atoms with Crippen LogP contribution in [0.3, 0.4) is 0 Å². The molecule has 12 rings (SSSR count). The van der Waals surface area contributed by atoms with E-state index in [4.69, 9.17) is 0 Å². The predicted molar refractivity (Wildman–Crippen MR) is 226 cm³/mol. The molecule has 0 saturated carbocycles. The third kappa shape index (κ3) is 4.56. The maximum atomic E-state index is 2.59. The smallest absolute Gasteiger partial charge is 0.0136 e. The quantitative estimate of drug-likeness (QED) is 0.173. The fourth-order valence-electron chi connectivity index (χ4n) is 10.9. The zero-order valence-electron chi connectivity index (χ0n) is 30.3. The van der Waals surface area contributed by atoms with Crippen molar-refractivity contribution in [2.24, 2.45) is 5.92 Å². The third-order valence-corrected chi connectivity index (χ3v) is 13.6. The number of allylic oxidation sites excluding steroid dienone is 16. The Morgan fingerprint density at radius 1 is 0.500 bits per heavy atom. The van der Waals surface area contributed by atoms with Gasteiger partial charge in [0.1, 0.15) is 0 Å². The van der Waals surface area contributed by atoms with E-state index in [0.717, 1.165) is 19.3 Å². The highest BCUT2D eigenvalue weighted by Gasteiger charge is 2.35. The molecule has 256 valence electrons. The minimum absolute atomic E-state index is 0.343. The van der Waals surface area contributed by atoms with Gasteiger partial charge in [-0.1, -0.05) is 164 Å². The van der Waals surface area contributed by atoms with Crippen LogP contribution in [0.5, 0.6) is 0 Å². The second-order valence-corrected chi connectivity index (χ2v) is 16.2. The molecule has 0 heteroatoms. The molecule has 0 aromatic heterocycles. The Labute approximate surface area is 318 Å². The molecule has 0 nitrogen and oxygen atoms in total. The Kier molecular flexibility index (Phi) is 6.64. The average Bonchev–Trinajstić information content (AvgIpc) is 3.25. The van der Waals surface area contributed by atoms with Gasteiger partial charge >= 0.3 is 0 Å². The van der Waals surface area contributed by atoms with E-state index < -0.39 is 0 Å². The van der Waals surface area contributed by atoms with Gasteiger partial charge in [-0.25, -0.2) is 0 Å². The van der Waals surface area contributed by atoms with Crippen molar-refractivity contribution < 1.29 is 0 Å². The van der Waals surface area contributed by atoms with Gasteiger partial charge in [-0.05, 0) is 126 Å². The largest absolute Gasteiger partial charge is 0.0761 e. The van der Waals surface area contributed by atoms with Gasteiger partial charge in [0.05, 0.1) is 0 Å². The molecule has 0 saturated heterocycles. The Morgan fingerprint density at radius 2 is 1.28 bits per heavy atom. The molecule has 7 aliphatic rings. The highest BCUT2D eigenvalue weighted by Crippen LogP contribution is 2.52. The number of benzene rings is 5. The molecule has 0 heterocycles. The van der Waals surface area contributed by atoms with E-state index in [1.807, 2.05) is 0 Å². The molecule has 0 radical (unpaired) electrons. The van der Waals surface area contributed by atoms with Crippen LogP contribution < -0.4 is 0 Å². The molecule has 0 aliphatic heterocycles. The van der Waals surface area contributed by atoms with Crippen LogP contribution in [0.2, 0.25) is 0 Å². The summed E-state index contributed by atoms with van der Waals surface area (Å²) in [5, 5.41) is 2.69. The molecule has 5 unspecified atom stereocenters. The first-order valence-corrected chi connectivity index (χ1v) is 19.9. The summed E-state index contributed by atoms with van der Waals surface area (Å²) in [6.07, 6.45) is 34.5. The standard InChI is InChI=1S/C54H40/c1-2-8-41-33(7-1)19-25-47-46(41)24-20-34-13-16-37(29-51(34)47)38-17-14-35-21-27-49-48(52(35)30-38)26-22-36-15-18-39(31-53(36)49)40-23-28-50-44-11-4-3-9-42(44)43-10-5-6-12-45(43)54(50)32-40/h1-13,15-16,18-28,30-32,43,45,48-49,51H,14,17,29H2. The van der Waals surface area contributed by atoms with Gasteiger partial charge < -0.3 is 0 Å². The Hall–Kier alpha value is -5.98. The summed E-state index contributed by atoms with van der Waals surface area (Å²) in [6, 6.07) is 36.9. The summed E-state index contributed by atoms with van der Waals surface area (Å²) in [5.74, 6) is 1.89. The van der Waals surface area contributed by atoms with Gasteiger partial charge in [0.2, 0.25) is 0 Å². The number of hydrogen-bond acceptors (Lipinski definition) is 0. The van der Waals surface area contributed by atoms with Crippen LogP contribution in [0.4, 0.5) is 0 Å². The van der Waals surface area contributed by atoms with Crippen molar-refractivity contribution in [2.45, 2.75) is 42.9 Å². The molecule has 0 N–H and O–H groups in total. The molecule has 0 fully saturated rings.